The zero-order chi connectivity index (χ0) is 13.0. The van der Waals surface area contributed by atoms with Gasteiger partial charge in [0, 0.05) is 12.1 Å². The van der Waals surface area contributed by atoms with Crippen LogP contribution in [0.25, 0.3) is 11.4 Å². The lowest BCUT2D eigenvalue weighted by Crippen LogP contribution is -2.12. The third-order valence-electron chi connectivity index (χ3n) is 2.72. The molecule has 2 rings (SSSR count). The largest absolute Gasteiger partial charge is 0.492 e. The summed E-state index contributed by atoms with van der Waals surface area (Å²) in [6.45, 7) is 5.13. The zero-order valence-electron chi connectivity index (χ0n) is 10.6. The average Bonchev–Trinajstić information content (AvgIpc) is 2.90. The summed E-state index contributed by atoms with van der Waals surface area (Å²) < 4.78 is 10.5. The molecule has 2 aromatic rings. The Labute approximate surface area is 106 Å². The predicted molar refractivity (Wildman–Crippen MR) is 68.4 cm³/mol. The van der Waals surface area contributed by atoms with Crippen LogP contribution in [0.1, 0.15) is 18.1 Å². The second kappa shape index (κ2) is 5.64. The Morgan fingerprint density at radius 3 is 2.83 bits per heavy atom. The Kier molecular flexibility index (Phi) is 3.94. The molecule has 1 aromatic heterocycles. The van der Waals surface area contributed by atoms with Crippen LogP contribution in [0, 0.1) is 6.92 Å². The SMILES string of the molecule is CCc1cc(-c2ncon2)cc(C)c1OCCN. The molecule has 5 nitrogen and oxygen atoms in total. The molecule has 0 spiro atoms. The van der Waals surface area contributed by atoms with Gasteiger partial charge in [-0.25, -0.2) is 0 Å². The molecule has 0 unspecified atom stereocenters. The number of nitrogens with two attached hydrogens (primary N) is 1. The smallest absolute Gasteiger partial charge is 0.214 e. The minimum absolute atomic E-state index is 0.509. The van der Waals surface area contributed by atoms with Crippen molar-refractivity contribution in [2.24, 2.45) is 5.73 Å². The van der Waals surface area contributed by atoms with Crippen molar-refractivity contribution in [2.75, 3.05) is 13.2 Å². The molecule has 5 heteroatoms. The number of aromatic nitrogens is 2. The van der Waals surface area contributed by atoms with Crippen LogP contribution in [-0.4, -0.2) is 23.3 Å². The molecule has 0 aliphatic rings. The van der Waals surface area contributed by atoms with Gasteiger partial charge >= 0.3 is 0 Å². The Morgan fingerprint density at radius 1 is 1.39 bits per heavy atom. The molecule has 0 saturated carbocycles. The third kappa shape index (κ3) is 2.51. The molecule has 96 valence electrons. The zero-order valence-corrected chi connectivity index (χ0v) is 10.6. The fourth-order valence-electron chi connectivity index (χ4n) is 1.90. The van der Waals surface area contributed by atoms with Gasteiger partial charge in [0.25, 0.3) is 0 Å². The van der Waals surface area contributed by atoms with Gasteiger partial charge in [-0.3, -0.25) is 0 Å². The number of aryl methyl sites for hydroxylation is 2. The second-order valence-corrected chi connectivity index (χ2v) is 4.03. The van der Waals surface area contributed by atoms with E-state index in [9.17, 15) is 0 Å². The highest BCUT2D eigenvalue weighted by atomic mass is 16.5. The van der Waals surface area contributed by atoms with E-state index < -0.39 is 0 Å². The molecule has 0 aliphatic heterocycles. The van der Waals surface area contributed by atoms with E-state index >= 15 is 0 Å². The Bertz CT molecular complexity index is 509. The average molecular weight is 247 g/mol. The number of hydrogen-bond acceptors (Lipinski definition) is 5. The fourth-order valence-corrected chi connectivity index (χ4v) is 1.90. The van der Waals surface area contributed by atoms with Crippen molar-refractivity contribution in [3.05, 3.63) is 29.7 Å². The minimum Gasteiger partial charge on any atom is -0.492 e. The van der Waals surface area contributed by atoms with Crippen molar-refractivity contribution in [3.63, 3.8) is 0 Å². The van der Waals surface area contributed by atoms with Gasteiger partial charge in [0.15, 0.2) is 0 Å². The van der Waals surface area contributed by atoms with E-state index in [0.717, 1.165) is 28.9 Å². The molecule has 0 radical (unpaired) electrons. The van der Waals surface area contributed by atoms with Crippen LogP contribution in [0.2, 0.25) is 0 Å². The molecule has 0 saturated heterocycles. The van der Waals surface area contributed by atoms with E-state index in [2.05, 4.69) is 17.1 Å². The van der Waals surface area contributed by atoms with E-state index in [1.54, 1.807) is 0 Å². The number of rotatable bonds is 5. The highest BCUT2D eigenvalue weighted by Gasteiger charge is 2.11. The van der Waals surface area contributed by atoms with Gasteiger partial charge in [-0.1, -0.05) is 12.1 Å². The summed E-state index contributed by atoms with van der Waals surface area (Å²) in [6.07, 6.45) is 2.21. The fraction of sp³-hybridized carbons (Fsp3) is 0.385. The molecule has 18 heavy (non-hydrogen) atoms. The van der Waals surface area contributed by atoms with Crippen LogP contribution in [0.3, 0.4) is 0 Å². The summed E-state index contributed by atoms with van der Waals surface area (Å²) in [5.41, 5.74) is 8.60. The number of benzene rings is 1. The monoisotopic (exact) mass is 247 g/mol. The van der Waals surface area contributed by atoms with E-state index in [4.69, 9.17) is 15.0 Å². The van der Waals surface area contributed by atoms with Gasteiger partial charge in [0.05, 0.1) is 0 Å². The quantitative estimate of drug-likeness (QED) is 0.874. The molecular formula is C13H17N3O2. The lowest BCUT2D eigenvalue weighted by molar-refractivity contribution is 0.323. The maximum atomic E-state index is 5.69. The summed E-state index contributed by atoms with van der Waals surface area (Å²) >= 11 is 0. The minimum atomic E-state index is 0.509. The summed E-state index contributed by atoms with van der Waals surface area (Å²) in [6, 6.07) is 4.03. The van der Waals surface area contributed by atoms with Gasteiger partial charge in [-0.2, -0.15) is 4.98 Å². The first-order valence-corrected chi connectivity index (χ1v) is 5.99. The van der Waals surface area contributed by atoms with Crippen molar-refractivity contribution in [1.82, 2.24) is 10.1 Å². The van der Waals surface area contributed by atoms with Crippen molar-refractivity contribution < 1.29 is 9.26 Å². The topological polar surface area (TPSA) is 74.2 Å². The van der Waals surface area contributed by atoms with Gasteiger partial charge in [-0.05, 0) is 36.6 Å². The summed E-state index contributed by atoms with van der Waals surface area (Å²) in [4.78, 5) is 4.06. The lowest BCUT2D eigenvalue weighted by atomic mass is 10.0. The van der Waals surface area contributed by atoms with E-state index in [1.165, 1.54) is 6.39 Å². The maximum Gasteiger partial charge on any atom is 0.214 e. The van der Waals surface area contributed by atoms with Crippen molar-refractivity contribution in [2.45, 2.75) is 20.3 Å². The predicted octanol–water partition coefficient (Wildman–Crippen LogP) is 1.94. The second-order valence-electron chi connectivity index (χ2n) is 4.03. The van der Waals surface area contributed by atoms with Crippen LogP contribution in [0.4, 0.5) is 0 Å². The molecule has 0 atom stereocenters. The number of ether oxygens (including phenoxy) is 1. The highest BCUT2D eigenvalue weighted by molar-refractivity contribution is 5.61. The molecule has 2 N–H and O–H groups in total. The van der Waals surface area contributed by atoms with Gasteiger partial charge in [0.1, 0.15) is 12.4 Å². The van der Waals surface area contributed by atoms with E-state index in [-0.39, 0.29) is 0 Å². The standard InChI is InChI=1S/C13H17N3O2/c1-3-10-7-11(13-15-8-18-16-13)6-9(2)12(10)17-5-4-14/h6-8H,3-5,14H2,1-2H3. The molecular weight excluding hydrogens is 230 g/mol. The molecule has 1 aromatic carbocycles. The van der Waals surface area contributed by atoms with Gasteiger partial charge < -0.3 is 15.0 Å². The summed E-state index contributed by atoms with van der Waals surface area (Å²) in [5, 5.41) is 3.85. The summed E-state index contributed by atoms with van der Waals surface area (Å²) in [7, 11) is 0. The highest BCUT2D eigenvalue weighted by Crippen LogP contribution is 2.29. The first-order valence-electron chi connectivity index (χ1n) is 5.99. The molecule has 1 heterocycles. The summed E-state index contributed by atoms with van der Waals surface area (Å²) in [5.74, 6) is 1.51. The van der Waals surface area contributed by atoms with Crippen molar-refractivity contribution in [1.29, 1.82) is 0 Å². The Balaban J connectivity index is 2.39. The normalized spacial score (nSPS) is 10.6. The van der Waals surface area contributed by atoms with Crippen LogP contribution < -0.4 is 10.5 Å². The van der Waals surface area contributed by atoms with E-state index in [0.29, 0.717) is 19.0 Å². The third-order valence-corrected chi connectivity index (χ3v) is 2.72. The first-order chi connectivity index (χ1) is 8.76. The lowest BCUT2D eigenvalue weighted by Gasteiger charge is -2.14. The van der Waals surface area contributed by atoms with Crippen LogP contribution in [0.5, 0.6) is 5.75 Å². The van der Waals surface area contributed by atoms with Crippen molar-refractivity contribution >= 4 is 0 Å². The number of hydrogen-bond donors (Lipinski definition) is 1. The Hall–Kier alpha value is -1.88. The van der Waals surface area contributed by atoms with E-state index in [1.807, 2.05) is 19.1 Å². The van der Waals surface area contributed by atoms with Crippen LogP contribution >= 0.6 is 0 Å². The van der Waals surface area contributed by atoms with Crippen LogP contribution in [0.15, 0.2) is 23.0 Å². The van der Waals surface area contributed by atoms with Gasteiger partial charge in [-0.15, -0.1) is 0 Å². The van der Waals surface area contributed by atoms with Crippen molar-refractivity contribution in [3.8, 4) is 17.1 Å². The molecule has 0 fully saturated rings. The Morgan fingerprint density at radius 2 is 2.22 bits per heavy atom. The molecule has 0 aliphatic carbocycles. The molecule has 0 amide bonds. The molecule has 0 bridgehead atoms. The van der Waals surface area contributed by atoms with Crippen LogP contribution in [-0.2, 0) is 6.42 Å². The first kappa shape index (κ1) is 12.6. The maximum absolute atomic E-state index is 5.69. The number of nitrogens with zero attached hydrogens (tertiary/aromatic N) is 2. The van der Waals surface area contributed by atoms with Gasteiger partial charge in [0.2, 0.25) is 12.2 Å².